The molecular weight excluding hydrogens is 769 g/mol. The summed E-state index contributed by atoms with van der Waals surface area (Å²) in [6.07, 6.45) is 13.8. The Morgan fingerprint density at radius 3 is 2.54 bits per heavy atom. The summed E-state index contributed by atoms with van der Waals surface area (Å²) >= 11 is 0. The summed E-state index contributed by atoms with van der Waals surface area (Å²) in [4.78, 5) is 35.0. The number of carbonyl (C=O) groups is 1. The molecule has 3 N–H and O–H groups in total. The summed E-state index contributed by atoms with van der Waals surface area (Å²) < 4.78 is 41.1. The predicted octanol–water partition coefficient (Wildman–Crippen LogP) is 8.52. The molecule has 3 aromatic carbocycles. The highest BCUT2D eigenvalue weighted by molar-refractivity contribution is 7.90. The second kappa shape index (κ2) is 16.6. The number of pyridine rings is 1. The van der Waals surface area contributed by atoms with Crippen molar-refractivity contribution in [2.75, 3.05) is 38.2 Å². The third-order valence-electron chi connectivity index (χ3n) is 12.4. The Labute approximate surface area is 343 Å². The van der Waals surface area contributed by atoms with Crippen molar-refractivity contribution in [2.45, 2.75) is 74.1 Å². The Morgan fingerprint density at radius 1 is 0.966 bits per heavy atom. The van der Waals surface area contributed by atoms with E-state index in [0.29, 0.717) is 43.1 Å². The van der Waals surface area contributed by atoms with Crippen LogP contribution in [0, 0.1) is 16.0 Å². The molecule has 1 amide bonds. The molecule has 306 valence electrons. The molecule has 14 heteroatoms. The predicted molar refractivity (Wildman–Crippen MR) is 225 cm³/mol. The van der Waals surface area contributed by atoms with E-state index < -0.39 is 31.4 Å². The van der Waals surface area contributed by atoms with E-state index in [1.807, 2.05) is 12.1 Å². The van der Waals surface area contributed by atoms with Gasteiger partial charge in [-0.25, -0.2) is 18.1 Å². The summed E-state index contributed by atoms with van der Waals surface area (Å²) in [5.74, 6) is 1.18. The van der Waals surface area contributed by atoms with Crippen molar-refractivity contribution in [3.63, 3.8) is 0 Å². The number of fused-ring (bicyclic) bond motifs is 1. The minimum Gasteiger partial charge on any atom is -0.455 e. The first-order valence-electron chi connectivity index (χ1n) is 20.6. The van der Waals surface area contributed by atoms with Gasteiger partial charge in [-0.15, -0.1) is 0 Å². The Hall–Kier alpha value is -5.57. The number of aromatic amines is 1. The molecule has 3 fully saturated rings. The number of nitrogens with zero attached hydrogens (tertiary/aromatic N) is 3. The Kier molecular flexibility index (Phi) is 10.9. The SMILES string of the molecule is O=C(NS(=O)(=O)c1ccc(NCC2CCOCC2)c([N+](=O)[O-])c1)c1ccc(C2=CCC(N3CCC(c4ccccc4C4CC4)C3)CC2)cc1Oc1cnc2[nH]ccc2c1. The molecular formula is C45H48N6O7S. The average molecular weight is 817 g/mol. The molecule has 9 rings (SSSR count). The van der Waals surface area contributed by atoms with Gasteiger partial charge in [0.1, 0.15) is 22.8 Å². The summed E-state index contributed by atoms with van der Waals surface area (Å²) in [6.45, 7) is 3.92. The summed E-state index contributed by atoms with van der Waals surface area (Å²) in [5.41, 5.74) is 5.56. The van der Waals surface area contributed by atoms with Gasteiger partial charge in [0.15, 0.2) is 0 Å². The van der Waals surface area contributed by atoms with Crippen LogP contribution in [0.1, 0.15) is 90.3 Å². The lowest BCUT2D eigenvalue weighted by molar-refractivity contribution is -0.384. The van der Waals surface area contributed by atoms with Crippen LogP contribution in [0.5, 0.6) is 11.5 Å². The number of sulfonamides is 1. The lowest BCUT2D eigenvalue weighted by atomic mass is 9.89. The topological polar surface area (TPSA) is 169 Å². The number of likely N-dealkylation sites (tertiary alicyclic amines) is 1. The van der Waals surface area contributed by atoms with E-state index >= 15 is 0 Å². The number of nitro groups is 1. The number of rotatable bonds is 13. The summed E-state index contributed by atoms with van der Waals surface area (Å²) in [6, 6.07) is 21.9. The van der Waals surface area contributed by atoms with Crippen molar-refractivity contribution < 1.29 is 27.6 Å². The first kappa shape index (κ1) is 38.9. The molecule has 2 unspecified atom stereocenters. The van der Waals surface area contributed by atoms with Gasteiger partial charge >= 0.3 is 0 Å². The van der Waals surface area contributed by atoms with Crippen molar-refractivity contribution in [3.05, 3.63) is 124 Å². The zero-order chi connectivity index (χ0) is 40.5. The number of hydrogen-bond acceptors (Lipinski definition) is 10. The molecule has 0 bridgehead atoms. The number of nitrogens with one attached hydrogen (secondary N) is 3. The van der Waals surface area contributed by atoms with Crippen molar-refractivity contribution in [1.82, 2.24) is 19.6 Å². The van der Waals surface area contributed by atoms with Gasteiger partial charge in [0.05, 0.1) is 21.6 Å². The quantitative estimate of drug-likeness (QED) is 0.0774. The minimum absolute atomic E-state index is 0.0142. The van der Waals surface area contributed by atoms with Crippen LogP contribution in [0.4, 0.5) is 11.4 Å². The van der Waals surface area contributed by atoms with E-state index in [-0.39, 0.29) is 22.9 Å². The van der Waals surface area contributed by atoms with Gasteiger partial charge in [0.2, 0.25) is 0 Å². The van der Waals surface area contributed by atoms with Crippen LogP contribution in [0.15, 0.2) is 96.2 Å². The number of carbonyl (C=O) groups excluding carboxylic acids is 1. The molecule has 4 aliphatic rings. The van der Waals surface area contributed by atoms with E-state index in [2.05, 4.69) is 55.2 Å². The molecule has 2 saturated heterocycles. The van der Waals surface area contributed by atoms with Crippen molar-refractivity contribution >= 4 is 43.9 Å². The van der Waals surface area contributed by atoms with Gasteiger partial charge in [-0.1, -0.05) is 36.4 Å². The van der Waals surface area contributed by atoms with E-state index in [9.17, 15) is 23.3 Å². The third kappa shape index (κ3) is 8.61. The number of H-pyrrole nitrogens is 1. The Balaban J connectivity index is 0.930. The van der Waals surface area contributed by atoms with Crippen molar-refractivity contribution in [1.29, 1.82) is 0 Å². The Morgan fingerprint density at radius 2 is 1.78 bits per heavy atom. The fourth-order valence-corrected chi connectivity index (χ4v) is 9.94. The first-order valence-corrected chi connectivity index (χ1v) is 22.1. The number of benzene rings is 3. The second-order valence-electron chi connectivity index (χ2n) is 16.2. The molecule has 59 heavy (non-hydrogen) atoms. The van der Waals surface area contributed by atoms with Gasteiger partial charge in [-0.3, -0.25) is 19.8 Å². The molecule has 0 radical (unpaired) electrons. The number of nitro benzene ring substituents is 1. The monoisotopic (exact) mass is 816 g/mol. The number of anilines is 1. The van der Waals surface area contributed by atoms with Gasteiger partial charge in [0.25, 0.3) is 21.6 Å². The number of hydrogen-bond donors (Lipinski definition) is 3. The number of amides is 1. The second-order valence-corrected chi connectivity index (χ2v) is 17.9. The van der Waals surface area contributed by atoms with E-state index in [0.717, 1.165) is 73.7 Å². The molecule has 5 aromatic rings. The van der Waals surface area contributed by atoms with E-state index in [1.54, 1.807) is 30.0 Å². The smallest absolute Gasteiger partial charge is 0.293 e. The van der Waals surface area contributed by atoms with Crippen LogP contribution in [-0.4, -0.2) is 73.0 Å². The zero-order valence-corrected chi connectivity index (χ0v) is 33.6. The maximum absolute atomic E-state index is 13.9. The fourth-order valence-electron chi connectivity index (χ4n) is 8.95. The van der Waals surface area contributed by atoms with Crippen LogP contribution >= 0.6 is 0 Å². The maximum Gasteiger partial charge on any atom is 0.293 e. The molecule has 13 nitrogen and oxygen atoms in total. The van der Waals surface area contributed by atoms with Gasteiger partial charge in [0, 0.05) is 50.0 Å². The van der Waals surface area contributed by atoms with E-state index in [4.69, 9.17) is 9.47 Å². The molecule has 2 aliphatic heterocycles. The normalized spacial score (nSPS) is 20.3. The van der Waals surface area contributed by atoms with Crippen LogP contribution < -0.4 is 14.8 Å². The van der Waals surface area contributed by atoms with E-state index in [1.165, 1.54) is 43.2 Å². The standard InChI is InChI=1S/C45H48N6O7S/c52-45(49-59(55,56)37-12-14-41(42(25-37)51(53)54)47-26-29-17-21-57-22-18-29)40-13-9-32(24-43(40)58-36-23-33-15-19-46-44(33)48-27-36)30-7-10-35(11-8-30)50-20-16-34(28-50)39-4-2-1-3-38(39)31-5-6-31/h1-4,7,9,12-15,19,23-25,27,29,31,34-35,47H,5-6,8,10-11,16-18,20-22,26,28H2,(H,46,48)(H,49,52). The van der Waals surface area contributed by atoms with Crippen LogP contribution in [-0.2, 0) is 14.8 Å². The van der Waals surface area contributed by atoms with Crippen LogP contribution in [0.25, 0.3) is 16.6 Å². The molecule has 2 aromatic heterocycles. The van der Waals surface area contributed by atoms with Gasteiger partial charge in [-0.2, -0.15) is 0 Å². The average Bonchev–Trinajstić information content (AvgIpc) is 3.79. The molecule has 2 aliphatic carbocycles. The highest BCUT2D eigenvalue weighted by Crippen LogP contribution is 2.45. The first-order chi connectivity index (χ1) is 28.7. The van der Waals surface area contributed by atoms with Crippen molar-refractivity contribution in [2.24, 2.45) is 5.92 Å². The zero-order valence-electron chi connectivity index (χ0n) is 32.8. The summed E-state index contributed by atoms with van der Waals surface area (Å²) in [7, 11) is -4.53. The van der Waals surface area contributed by atoms with Crippen molar-refractivity contribution in [3.8, 4) is 11.5 Å². The molecule has 2 atom stereocenters. The lowest BCUT2D eigenvalue weighted by Gasteiger charge is -2.31. The van der Waals surface area contributed by atoms with Crippen LogP contribution in [0.3, 0.4) is 0 Å². The van der Waals surface area contributed by atoms with Gasteiger partial charge in [-0.05, 0) is 134 Å². The highest BCUT2D eigenvalue weighted by Gasteiger charge is 2.34. The molecule has 1 saturated carbocycles. The lowest BCUT2D eigenvalue weighted by Crippen LogP contribution is -2.34. The number of ether oxygens (including phenoxy) is 2. The maximum atomic E-state index is 13.9. The minimum atomic E-state index is -4.53. The number of allylic oxidation sites excluding steroid dienone is 1. The van der Waals surface area contributed by atoms with Crippen LogP contribution in [0.2, 0.25) is 0 Å². The van der Waals surface area contributed by atoms with Gasteiger partial charge < -0.3 is 19.8 Å². The highest BCUT2D eigenvalue weighted by atomic mass is 32.2. The fraction of sp³-hybridized carbons (Fsp3) is 0.378. The Bertz CT molecular complexity index is 2530. The number of aromatic nitrogens is 2. The largest absolute Gasteiger partial charge is 0.455 e. The molecule has 0 spiro atoms. The molecule has 4 heterocycles. The summed E-state index contributed by atoms with van der Waals surface area (Å²) in [5, 5.41) is 16.0. The third-order valence-corrected chi connectivity index (χ3v) is 13.7.